The lowest BCUT2D eigenvalue weighted by molar-refractivity contribution is 0.102. The van der Waals surface area contributed by atoms with Crippen LogP contribution in [0.1, 0.15) is 29.1 Å². The molecule has 1 amide bonds. The Morgan fingerprint density at radius 3 is 2.74 bits per heavy atom. The fraction of sp³-hybridized carbons (Fsp3) is 0.143. The molecule has 1 heterocycles. The van der Waals surface area contributed by atoms with Gasteiger partial charge in [-0.15, -0.1) is 0 Å². The number of carbonyl (C=O) groups is 1. The molecule has 1 atom stereocenters. The Labute approximate surface area is 111 Å². The normalized spacial score (nSPS) is 11.9. The van der Waals surface area contributed by atoms with E-state index in [2.05, 4.69) is 10.3 Å². The molecule has 0 radical (unpaired) electrons. The van der Waals surface area contributed by atoms with Crippen LogP contribution in [0.4, 0.5) is 11.4 Å². The topological polar surface area (TPSA) is 88.2 Å². The summed E-state index contributed by atoms with van der Waals surface area (Å²) in [5.74, 6) is -0.397. The Bertz CT molecular complexity index is 597. The first kappa shape index (κ1) is 13.0. The molecule has 0 fully saturated rings. The van der Waals surface area contributed by atoms with Crippen LogP contribution >= 0.6 is 0 Å². The van der Waals surface area contributed by atoms with Crippen LogP contribution in [0.3, 0.4) is 0 Å². The minimum atomic E-state index is -0.669. The summed E-state index contributed by atoms with van der Waals surface area (Å²) in [6, 6.07) is 10.3. The standard InChI is InChI=1S/C14H15N3O2/c1-9(18)10-5-2-3-7-12(10)17-14(19)13-11(15)6-4-8-16-13/h2-9,18H,15H2,1H3,(H,17,19). The fourth-order valence-electron chi connectivity index (χ4n) is 1.76. The number of hydrogen-bond acceptors (Lipinski definition) is 4. The van der Waals surface area contributed by atoms with Crippen molar-refractivity contribution in [2.75, 3.05) is 11.1 Å². The quantitative estimate of drug-likeness (QED) is 0.784. The van der Waals surface area contributed by atoms with Crippen LogP contribution in [0.25, 0.3) is 0 Å². The zero-order chi connectivity index (χ0) is 13.8. The predicted octanol–water partition coefficient (Wildman–Crippen LogP) is 1.97. The number of aliphatic hydroxyl groups is 1. The van der Waals surface area contributed by atoms with E-state index in [1.807, 2.05) is 0 Å². The molecule has 19 heavy (non-hydrogen) atoms. The number of nitrogens with two attached hydrogens (primary N) is 1. The highest BCUT2D eigenvalue weighted by Gasteiger charge is 2.14. The van der Waals surface area contributed by atoms with Crippen LogP contribution < -0.4 is 11.1 Å². The van der Waals surface area contributed by atoms with Crippen molar-refractivity contribution in [3.05, 3.63) is 53.9 Å². The van der Waals surface area contributed by atoms with Crippen LogP contribution in [0, 0.1) is 0 Å². The van der Waals surface area contributed by atoms with E-state index in [1.54, 1.807) is 43.3 Å². The molecule has 2 aromatic rings. The molecule has 5 heteroatoms. The van der Waals surface area contributed by atoms with Crippen molar-refractivity contribution in [1.29, 1.82) is 0 Å². The van der Waals surface area contributed by atoms with Gasteiger partial charge in [0.05, 0.1) is 11.8 Å². The molecule has 2 rings (SSSR count). The zero-order valence-electron chi connectivity index (χ0n) is 10.5. The molecule has 4 N–H and O–H groups in total. The van der Waals surface area contributed by atoms with Crippen molar-refractivity contribution in [2.24, 2.45) is 0 Å². The monoisotopic (exact) mass is 257 g/mol. The average molecular weight is 257 g/mol. The predicted molar refractivity (Wildman–Crippen MR) is 73.7 cm³/mol. The Balaban J connectivity index is 2.27. The third-order valence-corrected chi connectivity index (χ3v) is 2.71. The maximum absolute atomic E-state index is 12.1. The molecule has 1 aromatic carbocycles. The molecule has 0 aliphatic heterocycles. The van der Waals surface area contributed by atoms with Gasteiger partial charge in [-0.1, -0.05) is 18.2 Å². The molecule has 0 aliphatic rings. The van der Waals surface area contributed by atoms with Crippen LogP contribution in [0.5, 0.6) is 0 Å². The lowest BCUT2D eigenvalue weighted by Crippen LogP contribution is -2.17. The zero-order valence-corrected chi connectivity index (χ0v) is 10.5. The van der Waals surface area contributed by atoms with Crippen molar-refractivity contribution >= 4 is 17.3 Å². The second-order valence-corrected chi connectivity index (χ2v) is 4.16. The number of benzene rings is 1. The fourth-order valence-corrected chi connectivity index (χ4v) is 1.76. The molecular formula is C14H15N3O2. The molecule has 0 spiro atoms. The van der Waals surface area contributed by atoms with E-state index < -0.39 is 12.0 Å². The molecule has 98 valence electrons. The van der Waals surface area contributed by atoms with E-state index in [0.717, 1.165) is 0 Å². The van der Waals surface area contributed by atoms with E-state index in [4.69, 9.17) is 5.73 Å². The number of anilines is 2. The number of pyridine rings is 1. The molecule has 1 aromatic heterocycles. The van der Waals surface area contributed by atoms with Gasteiger partial charge in [0.25, 0.3) is 5.91 Å². The van der Waals surface area contributed by atoms with Crippen molar-refractivity contribution in [2.45, 2.75) is 13.0 Å². The van der Waals surface area contributed by atoms with Crippen molar-refractivity contribution in [3.8, 4) is 0 Å². The first-order chi connectivity index (χ1) is 9.09. The largest absolute Gasteiger partial charge is 0.397 e. The molecule has 5 nitrogen and oxygen atoms in total. The number of amides is 1. The summed E-state index contributed by atoms with van der Waals surface area (Å²) < 4.78 is 0. The lowest BCUT2D eigenvalue weighted by Gasteiger charge is -2.13. The number of aromatic nitrogens is 1. The Hall–Kier alpha value is -2.40. The van der Waals surface area contributed by atoms with E-state index in [-0.39, 0.29) is 5.69 Å². The molecular weight excluding hydrogens is 242 g/mol. The maximum atomic E-state index is 12.1. The van der Waals surface area contributed by atoms with Gasteiger partial charge in [0.1, 0.15) is 0 Å². The van der Waals surface area contributed by atoms with Crippen LogP contribution in [-0.4, -0.2) is 16.0 Å². The molecule has 0 aliphatic carbocycles. The third-order valence-electron chi connectivity index (χ3n) is 2.71. The van der Waals surface area contributed by atoms with Crippen molar-refractivity contribution in [1.82, 2.24) is 4.98 Å². The second-order valence-electron chi connectivity index (χ2n) is 4.16. The Kier molecular flexibility index (Phi) is 3.77. The highest BCUT2D eigenvalue weighted by molar-refractivity contribution is 6.06. The van der Waals surface area contributed by atoms with Gasteiger partial charge in [-0.2, -0.15) is 0 Å². The van der Waals surface area contributed by atoms with Crippen molar-refractivity contribution < 1.29 is 9.90 Å². The van der Waals surface area contributed by atoms with E-state index >= 15 is 0 Å². The lowest BCUT2D eigenvalue weighted by atomic mass is 10.1. The molecule has 0 bridgehead atoms. The van der Waals surface area contributed by atoms with E-state index in [9.17, 15) is 9.90 Å². The smallest absolute Gasteiger partial charge is 0.276 e. The van der Waals surface area contributed by atoms with Gasteiger partial charge < -0.3 is 16.2 Å². The summed E-state index contributed by atoms with van der Waals surface area (Å²) in [4.78, 5) is 16.0. The summed E-state index contributed by atoms with van der Waals surface area (Å²) in [6.45, 7) is 1.64. The average Bonchev–Trinajstić information content (AvgIpc) is 2.39. The SMILES string of the molecule is CC(O)c1ccccc1NC(=O)c1ncccc1N. The van der Waals surface area contributed by atoms with Crippen LogP contribution in [0.2, 0.25) is 0 Å². The molecule has 0 saturated carbocycles. The van der Waals surface area contributed by atoms with Gasteiger partial charge in [-0.25, -0.2) is 4.98 Å². The number of nitrogens with zero attached hydrogens (tertiary/aromatic N) is 1. The number of nitrogen functional groups attached to an aromatic ring is 1. The van der Waals surface area contributed by atoms with Gasteiger partial charge >= 0.3 is 0 Å². The number of carbonyl (C=O) groups excluding carboxylic acids is 1. The third kappa shape index (κ3) is 2.89. The van der Waals surface area contributed by atoms with E-state index in [1.165, 1.54) is 6.20 Å². The number of rotatable bonds is 3. The summed E-state index contributed by atoms with van der Waals surface area (Å²) in [7, 11) is 0. The van der Waals surface area contributed by atoms with Crippen molar-refractivity contribution in [3.63, 3.8) is 0 Å². The number of hydrogen-bond donors (Lipinski definition) is 3. The highest BCUT2D eigenvalue weighted by atomic mass is 16.3. The summed E-state index contributed by atoms with van der Waals surface area (Å²) in [5, 5.41) is 12.4. The van der Waals surface area contributed by atoms with Gasteiger partial charge in [-0.05, 0) is 25.1 Å². The van der Waals surface area contributed by atoms with Gasteiger partial charge in [0.15, 0.2) is 5.69 Å². The van der Waals surface area contributed by atoms with E-state index in [0.29, 0.717) is 16.9 Å². The Morgan fingerprint density at radius 2 is 2.05 bits per heavy atom. The highest BCUT2D eigenvalue weighted by Crippen LogP contribution is 2.23. The summed E-state index contributed by atoms with van der Waals surface area (Å²) in [6.07, 6.45) is 0.837. The van der Waals surface area contributed by atoms with Gasteiger partial charge in [0, 0.05) is 17.4 Å². The first-order valence-corrected chi connectivity index (χ1v) is 5.88. The molecule has 1 unspecified atom stereocenters. The van der Waals surface area contributed by atoms with Gasteiger partial charge in [0.2, 0.25) is 0 Å². The second kappa shape index (κ2) is 5.49. The van der Waals surface area contributed by atoms with Crippen LogP contribution in [0.15, 0.2) is 42.6 Å². The number of para-hydroxylation sites is 1. The minimum Gasteiger partial charge on any atom is -0.397 e. The first-order valence-electron chi connectivity index (χ1n) is 5.88. The summed E-state index contributed by atoms with van der Waals surface area (Å²) in [5.41, 5.74) is 7.38. The minimum absolute atomic E-state index is 0.169. The number of aliphatic hydroxyl groups excluding tert-OH is 1. The summed E-state index contributed by atoms with van der Waals surface area (Å²) >= 11 is 0. The molecule has 0 saturated heterocycles. The Morgan fingerprint density at radius 1 is 1.32 bits per heavy atom. The number of nitrogens with one attached hydrogen (secondary N) is 1. The maximum Gasteiger partial charge on any atom is 0.276 e. The van der Waals surface area contributed by atoms with Gasteiger partial charge in [-0.3, -0.25) is 4.79 Å². The van der Waals surface area contributed by atoms with Crippen LogP contribution in [-0.2, 0) is 0 Å².